The maximum Gasteiger partial charge on any atom is 0.0778 e. The summed E-state index contributed by atoms with van der Waals surface area (Å²) >= 11 is 0. The number of hydrogen-bond acceptors (Lipinski definition) is 1. The molecule has 1 nitrogen and oxygen atoms in total. The van der Waals surface area contributed by atoms with Gasteiger partial charge < -0.3 is 5.11 Å². The van der Waals surface area contributed by atoms with E-state index in [0.29, 0.717) is 5.92 Å². The third-order valence-corrected chi connectivity index (χ3v) is 2.77. The summed E-state index contributed by atoms with van der Waals surface area (Å²) in [5.74, 6) is 0.624. The zero-order valence-electron chi connectivity index (χ0n) is 6.92. The van der Waals surface area contributed by atoms with Gasteiger partial charge in [0.05, 0.1) is 6.10 Å². The second-order valence-corrected chi connectivity index (χ2v) is 3.81. The number of allylic oxidation sites excluding steroid dienone is 1. The molecule has 2 aliphatic carbocycles. The molecule has 11 heavy (non-hydrogen) atoms. The van der Waals surface area contributed by atoms with Gasteiger partial charge in [0.1, 0.15) is 0 Å². The lowest BCUT2D eigenvalue weighted by atomic mass is 9.93. The molecular weight excluding hydrogens is 136 g/mol. The van der Waals surface area contributed by atoms with E-state index in [2.05, 4.69) is 6.08 Å². The van der Waals surface area contributed by atoms with Crippen molar-refractivity contribution in [2.75, 3.05) is 0 Å². The average Bonchev–Trinajstić information content (AvgIpc) is 2.87. The minimum absolute atomic E-state index is 0.0738. The van der Waals surface area contributed by atoms with E-state index in [1.807, 2.05) is 0 Å². The fourth-order valence-corrected chi connectivity index (χ4v) is 1.85. The Hall–Kier alpha value is -0.300. The Bertz CT molecular complexity index is 168. The lowest BCUT2D eigenvalue weighted by Crippen LogP contribution is -2.14. The van der Waals surface area contributed by atoms with E-state index in [4.69, 9.17) is 0 Å². The van der Waals surface area contributed by atoms with Crippen LogP contribution in [-0.4, -0.2) is 11.2 Å². The van der Waals surface area contributed by atoms with Gasteiger partial charge in [0.2, 0.25) is 0 Å². The maximum absolute atomic E-state index is 9.75. The van der Waals surface area contributed by atoms with Crippen molar-refractivity contribution in [2.24, 2.45) is 5.92 Å². The summed E-state index contributed by atoms with van der Waals surface area (Å²) < 4.78 is 0. The van der Waals surface area contributed by atoms with Gasteiger partial charge in [-0.2, -0.15) is 0 Å². The van der Waals surface area contributed by atoms with E-state index in [-0.39, 0.29) is 6.10 Å². The Kier molecular flexibility index (Phi) is 1.99. The summed E-state index contributed by atoms with van der Waals surface area (Å²) in [6.45, 7) is 0. The largest absolute Gasteiger partial charge is 0.388 e. The SMILES string of the molecule is OC(C1=CCCCC1)C1CC1. The first-order valence-electron chi connectivity index (χ1n) is 4.75. The van der Waals surface area contributed by atoms with Gasteiger partial charge in [-0.15, -0.1) is 0 Å². The van der Waals surface area contributed by atoms with Crippen molar-refractivity contribution in [1.82, 2.24) is 0 Å². The number of hydrogen-bond donors (Lipinski definition) is 1. The Morgan fingerprint density at radius 3 is 2.73 bits per heavy atom. The third-order valence-electron chi connectivity index (χ3n) is 2.77. The van der Waals surface area contributed by atoms with E-state index in [1.54, 1.807) is 0 Å². The first kappa shape index (κ1) is 7.35. The van der Waals surface area contributed by atoms with Crippen molar-refractivity contribution in [3.63, 3.8) is 0 Å². The Labute approximate surface area is 68.1 Å². The van der Waals surface area contributed by atoms with Crippen molar-refractivity contribution >= 4 is 0 Å². The van der Waals surface area contributed by atoms with Gasteiger partial charge in [-0.1, -0.05) is 6.08 Å². The van der Waals surface area contributed by atoms with E-state index in [1.165, 1.54) is 37.7 Å². The molecule has 62 valence electrons. The number of aliphatic hydroxyl groups excluding tert-OH is 1. The molecule has 2 rings (SSSR count). The highest BCUT2D eigenvalue weighted by Gasteiger charge is 2.31. The van der Waals surface area contributed by atoms with E-state index in [0.717, 1.165) is 6.42 Å². The quantitative estimate of drug-likeness (QED) is 0.602. The van der Waals surface area contributed by atoms with Crippen molar-refractivity contribution in [3.05, 3.63) is 11.6 Å². The molecular formula is C10H16O. The lowest BCUT2D eigenvalue weighted by molar-refractivity contribution is 0.181. The molecule has 0 amide bonds. The van der Waals surface area contributed by atoms with Crippen LogP contribution in [0.2, 0.25) is 0 Å². The number of aliphatic hydroxyl groups is 1. The van der Waals surface area contributed by atoms with E-state index < -0.39 is 0 Å². The lowest BCUT2D eigenvalue weighted by Gasteiger charge is -2.17. The number of rotatable bonds is 2. The molecule has 1 fully saturated rings. The van der Waals surface area contributed by atoms with Crippen LogP contribution in [0.1, 0.15) is 38.5 Å². The molecule has 0 radical (unpaired) electrons. The molecule has 0 aliphatic heterocycles. The van der Waals surface area contributed by atoms with Crippen molar-refractivity contribution in [2.45, 2.75) is 44.6 Å². The van der Waals surface area contributed by atoms with E-state index in [9.17, 15) is 5.11 Å². The molecule has 1 heteroatoms. The predicted octanol–water partition coefficient (Wildman–Crippen LogP) is 2.26. The minimum atomic E-state index is -0.0738. The second kappa shape index (κ2) is 2.98. The van der Waals surface area contributed by atoms with Crippen LogP contribution < -0.4 is 0 Å². The van der Waals surface area contributed by atoms with Gasteiger partial charge in [0.15, 0.2) is 0 Å². The van der Waals surface area contributed by atoms with Crippen molar-refractivity contribution < 1.29 is 5.11 Å². The van der Waals surface area contributed by atoms with Crippen molar-refractivity contribution in [1.29, 1.82) is 0 Å². The first-order chi connectivity index (χ1) is 5.38. The molecule has 1 N–H and O–H groups in total. The molecule has 1 unspecified atom stereocenters. The Morgan fingerprint density at radius 1 is 1.36 bits per heavy atom. The third kappa shape index (κ3) is 1.64. The summed E-state index contributed by atoms with van der Waals surface area (Å²) in [7, 11) is 0. The smallest absolute Gasteiger partial charge is 0.0778 e. The fourth-order valence-electron chi connectivity index (χ4n) is 1.85. The van der Waals surface area contributed by atoms with Gasteiger partial charge in [-0.3, -0.25) is 0 Å². The molecule has 1 atom stereocenters. The summed E-state index contributed by atoms with van der Waals surface area (Å²) in [6.07, 6.45) is 9.63. The highest BCUT2D eigenvalue weighted by molar-refractivity contribution is 5.13. The first-order valence-corrected chi connectivity index (χ1v) is 4.75. The van der Waals surface area contributed by atoms with Gasteiger partial charge >= 0.3 is 0 Å². The van der Waals surface area contributed by atoms with Gasteiger partial charge in [-0.25, -0.2) is 0 Å². The summed E-state index contributed by atoms with van der Waals surface area (Å²) in [4.78, 5) is 0. The normalized spacial score (nSPS) is 27.9. The summed E-state index contributed by atoms with van der Waals surface area (Å²) in [5.41, 5.74) is 1.33. The minimum Gasteiger partial charge on any atom is -0.388 e. The molecule has 0 bridgehead atoms. The van der Waals surface area contributed by atoms with Crippen LogP contribution in [0.5, 0.6) is 0 Å². The van der Waals surface area contributed by atoms with Crippen LogP contribution in [0.4, 0.5) is 0 Å². The highest BCUT2D eigenvalue weighted by Crippen LogP contribution is 2.37. The van der Waals surface area contributed by atoms with Crippen LogP contribution in [0.3, 0.4) is 0 Å². The molecule has 0 spiro atoms. The van der Waals surface area contributed by atoms with Crippen LogP contribution in [0.25, 0.3) is 0 Å². The fraction of sp³-hybridized carbons (Fsp3) is 0.800. The van der Waals surface area contributed by atoms with Gasteiger partial charge in [0.25, 0.3) is 0 Å². The van der Waals surface area contributed by atoms with E-state index >= 15 is 0 Å². The average molecular weight is 152 g/mol. The predicted molar refractivity (Wildman–Crippen MR) is 45.3 cm³/mol. The molecule has 0 heterocycles. The summed E-state index contributed by atoms with van der Waals surface area (Å²) in [5, 5.41) is 9.75. The molecule has 2 aliphatic rings. The van der Waals surface area contributed by atoms with Crippen LogP contribution in [-0.2, 0) is 0 Å². The molecule has 1 saturated carbocycles. The molecule has 0 saturated heterocycles. The molecule has 0 aromatic rings. The van der Waals surface area contributed by atoms with Crippen LogP contribution in [0, 0.1) is 5.92 Å². The highest BCUT2D eigenvalue weighted by atomic mass is 16.3. The van der Waals surface area contributed by atoms with Gasteiger partial charge in [0, 0.05) is 0 Å². The topological polar surface area (TPSA) is 20.2 Å². The zero-order valence-corrected chi connectivity index (χ0v) is 6.92. The molecule has 0 aromatic carbocycles. The maximum atomic E-state index is 9.75. The zero-order chi connectivity index (χ0) is 7.68. The standard InChI is InChI=1S/C10H16O/c11-10(9-6-7-9)8-4-2-1-3-5-8/h4,9-11H,1-3,5-7H2. The Morgan fingerprint density at radius 2 is 2.18 bits per heavy atom. The monoisotopic (exact) mass is 152 g/mol. The Balaban J connectivity index is 1.95. The molecule has 0 aromatic heterocycles. The van der Waals surface area contributed by atoms with Crippen LogP contribution >= 0.6 is 0 Å². The summed E-state index contributed by atoms with van der Waals surface area (Å²) in [6, 6.07) is 0. The van der Waals surface area contributed by atoms with Gasteiger partial charge in [-0.05, 0) is 50.0 Å². The van der Waals surface area contributed by atoms with Crippen LogP contribution in [0.15, 0.2) is 11.6 Å². The second-order valence-electron chi connectivity index (χ2n) is 3.81. The van der Waals surface area contributed by atoms with Crippen molar-refractivity contribution in [3.8, 4) is 0 Å².